The van der Waals surface area contributed by atoms with Gasteiger partial charge in [0.2, 0.25) is 0 Å². The third kappa shape index (κ3) is 3.04. The molecule has 0 spiro atoms. The second-order valence-corrected chi connectivity index (χ2v) is 3.97. The molecule has 0 atom stereocenters. The molecule has 0 N–H and O–H groups in total. The zero-order valence-corrected chi connectivity index (χ0v) is 10.7. The molecule has 0 saturated carbocycles. The van der Waals surface area contributed by atoms with Crippen molar-refractivity contribution in [2.45, 2.75) is 26.2 Å². The lowest BCUT2D eigenvalue weighted by atomic mass is 10.0. The number of aryl methyl sites for hydroxylation is 2. The van der Waals surface area contributed by atoms with Crippen molar-refractivity contribution in [3.63, 3.8) is 0 Å². The van der Waals surface area contributed by atoms with E-state index in [1.807, 2.05) is 0 Å². The molecule has 0 radical (unpaired) electrons. The summed E-state index contributed by atoms with van der Waals surface area (Å²) in [7, 11) is 4.74. The van der Waals surface area contributed by atoms with E-state index in [0.717, 1.165) is 5.56 Å². The summed E-state index contributed by atoms with van der Waals surface area (Å²) in [4.78, 5) is 0. The maximum atomic E-state index is 5.28. The first-order chi connectivity index (χ1) is 7.55. The van der Waals surface area contributed by atoms with Gasteiger partial charge in [-0.2, -0.15) is 0 Å². The Morgan fingerprint density at radius 2 is 1.31 bits per heavy atom. The lowest BCUT2D eigenvalue weighted by molar-refractivity contribution is -0.350. The number of hydrogen-bond donors (Lipinski definition) is 0. The fourth-order valence-electron chi connectivity index (χ4n) is 1.89. The fraction of sp³-hybridized carbons (Fsp3) is 0.538. The highest BCUT2D eigenvalue weighted by Gasteiger charge is 2.29. The van der Waals surface area contributed by atoms with Crippen LogP contribution in [0.3, 0.4) is 0 Å². The molecule has 0 bridgehead atoms. The first kappa shape index (κ1) is 13.2. The minimum atomic E-state index is -0.986. The third-order valence-corrected chi connectivity index (χ3v) is 2.64. The molecular formula is C13H20O3. The average molecular weight is 224 g/mol. The molecule has 0 saturated heterocycles. The summed E-state index contributed by atoms with van der Waals surface area (Å²) in [6.45, 7) is 4.15. The summed E-state index contributed by atoms with van der Waals surface area (Å²) < 4.78 is 15.8. The Kier molecular flexibility index (Phi) is 4.47. The SMILES string of the molecule is COC(Cc1cc(C)cc(C)c1)(OC)OC. The predicted molar refractivity (Wildman–Crippen MR) is 63.4 cm³/mol. The van der Waals surface area contributed by atoms with Crippen molar-refractivity contribution in [1.29, 1.82) is 0 Å². The zero-order valence-electron chi connectivity index (χ0n) is 10.7. The van der Waals surface area contributed by atoms with Crippen molar-refractivity contribution in [3.05, 3.63) is 34.9 Å². The second-order valence-electron chi connectivity index (χ2n) is 3.97. The lowest BCUT2D eigenvalue weighted by Gasteiger charge is -2.28. The predicted octanol–water partition coefficient (Wildman–Crippen LogP) is 2.44. The van der Waals surface area contributed by atoms with Gasteiger partial charge in [-0.05, 0) is 19.4 Å². The quantitative estimate of drug-likeness (QED) is 0.719. The number of methoxy groups -OCH3 is 3. The Hall–Kier alpha value is -0.900. The normalized spacial score (nSPS) is 11.8. The second kappa shape index (κ2) is 5.43. The van der Waals surface area contributed by atoms with Crippen LogP contribution >= 0.6 is 0 Å². The summed E-state index contributed by atoms with van der Waals surface area (Å²) >= 11 is 0. The number of rotatable bonds is 5. The molecule has 3 nitrogen and oxygen atoms in total. The van der Waals surface area contributed by atoms with E-state index in [-0.39, 0.29) is 0 Å². The molecule has 16 heavy (non-hydrogen) atoms. The van der Waals surface area contributed by atoms with Gasteiger partial charge < -0.3 is 14.2 Å². The Morgan fingerprint density at radius 1 is 0.875 bits per heavy atom. The first-order valence-electron chi connectivity index (χ1n) is 5.28. The first-order valence-corrected chi connectivity index (χ1v) is 5.28. The average Bonchev–Trinajstić information content (AvgIpc) is 2.25. The van der Waals surface area contributed by atoms with Crippen molar-refractivity contribution >= 4 is 0 Å². The molecule has 0 heterocycles. The van der Waals surface area contributed by atoms with Gasteiger partial charge in [0.1, 0.15) is 0 Å². The molecule has 90 valence electrons. The van der Waals surface area contributed by atoms with E-state index in [0.29, 0.717) is 6.42 Å². The topological polar surface area (TPSA) is 27.7 Å². The minimum Gasteiger partial charge on any atom is -0.331 e. The summed E-state index contributed by atoms with van der Waals surface area (Å²) in [5.41, 5.74) is 3.60. The minimum absolute atomic E-state index is 0.568. The standard InChI is InChI=1S/C13H20O3/c1-10-6-11(2)8-12(7-10)9-13(14-3,15-4)16-5/h6-8H,9H2,1-5H3. The molecule has 1 rings (SSSR count). The highest BCUT2D eigenvalue weighted by atomic mass is 16.9. The van der Waals surface area contributed by atoms with E-state index >= 15 is 0 Å². The molecule has 1 aromatic carbocycles. The van der Waals surface area contributed by atoms with Crippen molar-refractivity contribution in [2.75, 3.05) is 21.3 Å². The summed E-state index contributed by atoms with van der Waals surface area (Å²) in [6.07, 6.45) is 0.568. The van der Waals surface area contributed by atoms with Gasteiger partial charge in [-0.25, -0.2) is 0 Å². The fourth-order valence-corrected chi connectivity index (χ4v) is 1.89. The Bertz CT molecular complexity index is 315. The molecule has 0 aliphatic carbocycles. The van der Waals surface area contributed by atoms with Crippen molar-refractivity contribution in [3.8, 4) is 0 Å². The van der Waals surface area contributed by atoms with E-state index in [9.17, 15) is 0 Å². The molecule has 0 aromatic heterocycles. The van der Waals surface area contributed by atoms with Crippen LogP contribution in [0.4, 0.5) is 0 Å². The van der Waals surface area contributed by atoms with Crippen LogP contribution in [0.15, 0.2) is 18.2 Å². The van der Waals surface area contributed by atoms with Gasteiger partial charge >= 0.3 is 0 Å². The largest absolute Gasteiger partial charge is 0.331 e. The molecule has 3 heteroatoms. The van der Waals surface area contributed by atoms with E-state index in [1.54, 1.807) is 21.3 Å². The van der Waals surface area contributed by atoms with Gasteiger partial charge in [0.05, 0.1) is 6.42 Å². The molecule has 1 aromatic rings. The van der Waals surface area contributed by atoms with E-state index in [4.69, 9.17) is 14.2 Å². The number of hydrogen-bond acceptors (Lipinski definition) is 3. The monoisotopic (exact) mass is 224 g/mol. The van der Waals surface area contributed by atoms with Crippen LogP contribution in [0.5, 0.6) is 0 Å². The van der Waals surface area contributed by atoms with Crippen LogP contribution in [-0.4, -0.2) is 27.3 Å². The Labute approximate surface area is 97.3 Å². The van der Waals surface area contributed by atoms with Crippen LogP contribution in [0.1, 0.15) is 16.7 Å². The Morgan fingerprint density at radius 3 is 1.69 bits per heavy atom. The van der Waals surface area contributed by atoms with Crippen LogP contribution < -0.4 is 0 Å². The summed E-state index contributed by atoms with van der Waals surface area (Å²) in [5, 5.41) is 0. The molecule has 0 amide bonds. The van der Waals surface area contributed by atoms with Crippen LogP contribution in [0, 0.1) is 13.8 Å². The zero-order chi connectivity index (χ0) is 12.2. The molecule has 0 aliphatic heterocycles. The Balaban J connectivity index is 2.93. The smallest absolute Gasteiger partial charge is 0.286 e. The summed E-state index contributed by atoms with van der Waals surface area (Å²) in [5.74, 6) is -0.986. The molecule has 0 fully saturated rings. The van der Waals surface area contributed by atoms with Gasteiger partial charge in [-0.3, -0.25) is 0 Å². The summed E-state index contributed by atoms with van der Waals surface area (Å²) in [6, 6.07) is 6.36. The molecule has 0 unspecified atom stereocenters. The van der Waals surface area contributed by atoms with E-state index in [2.05, 4.69) is 32.0 Å². The maximum absolute atomic E-state index is 5.28. The van der Waals surface area contributed by atoms with Crippen molar-refractivity contribution in [2.24, 2.45) is 0 Å². The van der Waals surface area contributed by atoms with Gasteiger partial charge in [0, 0.05) is 21.3 Å². The van der Waals surface area contributed by atoms with Gasteiger partial charge in [0.15, 0.2) is 0 Å². The van der Waals surface area contributed by atoms with E-state index in [1.165, 1.54) is 11.1 Å². The molecule has 0 aliphatic rings. The van der Waals surface area contributed by atoms with Crippen LogP contribution in [-0.2, 0) is 20.6 Å². The van der Waals surface area contributed by atoms with Crippen LogP contribution in [0.25, 0.3) is 0 Å². The number of ether oxygens (including phenoxy) is 3. The lowest BCUT2D eigenvalue weighted by Crippen LogP contribution is -2.38. The van der Waals surface area contributed by atoms with Crippen molar-refractivity contribution < 1.29 is 14.2 Å². The van der Waals surface area contributed by atoms with Crippen LogP contribution in [0.2, 0.25) is 0 Å². The highest BCUT2D eigenvalue weighted by Crippen LogP contribution is 2.20. The number of benzene rings is 1. The highest BCUT2D eigenvalue weighted by molar-refractivity contribution is 5.29. The van der Waals surface area contributed by atoms with E-state index < -0.39 is 5.97 Å². The van der Waals surface area contributed by atoms with Crippen molar-refractivity contribution in [1.82, 2.24) is 0 Å². The third-order valence-electron chi connectivity index (χ3n) is 2.64. The van der Waals surface area contributed by atoms with Gasteiger partial charge in [-0.15, -0.1) is 0 Å². The molecular weight excluding hydrogens is 204 g/mol. The maximum Gasteiger partial charge on any atom is 0.286 e. The van der Waals surface area contributed by atoms with Gasteiger partial charge in [-0.1, -0.05) is 29.3 Å². The van der Waals surface area contributed by atoms with Gasteiger partial charge in [0.25, 0.3) is 5.97 Å².